The lowest BCUT2D eigenvalue weighted by Gasteiger charge is -2.29. The second-order valence-corrected chi connectivity index (χ2v) is 6.22. The first kappa shape index (κ1) is 12.9. The highest BCUT2D eigenvalue weighted by Crippen LogP contribution is 2.34. The number of hydrogen-bond acceptors (Lipinski definition) is 1. The van der Waals surface area contributed by atoms with E-state index >= 15 is 0 Å². The van der Waals surface area contributed by atoms with E-state index in [0.29, 0.717) is 18.0 Å². The van der Waals surface area contributed by atoms with Crippen molar-refractivity contribution in [3.63, 3.8) is 0 Å². The molecule has 0 bridgehead atoms. The van der Waals surface area contributed by atoms with Gasteiger partial charge in [0, 0.05) is 22.6 Å². The molecule has 0 N–H and O–H groups in total. The van der Waals surface area contributed by atoms with Gasteiger partial charge in [-0.05, 0) is 23.1 Å². The molecular formula is C13H15BrClNO. The van der Waals surface area contributed by atoms with E-state index in [-0.39, 0.29) is 11.3 Å². The van der Waals surface area contributed by atoms with E-state index in [9.17, 15) is 4.79 Å². The van der Waals surface area contributed by atoms with Crippen molar-refractivity contribution in [2.45, 2.75) is 20.3 Å². The largest absolute Gasteiger partial charge is 0.311 e. The zero-order chi connectivity index (χ0) is 12.6. The summed E-state index contributed by atoms with van der Waals surface area (Å²) in [6.45, 7) is 4.99. The smallest absolute Gasteiger partial charge is 0.231 e. The van der Waals surface area contributed by atoms with Crippen LogP contribution in [0.1, 0.15) is 19.4 Å². The Bertz CT molecular complexity index is 459. The molecule has 2 nitrogen and oxygen atoms in total. The van der Waals surface area contributed by atoms with Gasteiger partial charge in [-0.2, -0.15) is 0 Å². The lowest BCUT2D eigenvalue weighted by molar-refractivity contribution is -0.117. The van der Waals surface area contributed by atoms with Gasteiger partial charge in [0.25, 0.3) is 0 Å². The highest BCUT2D eigenvalue weighted by atomic mass is 79.9. The molecular weight excluding hydrogens is 302 g/mol. The summed E-state index contributed by atoms with van der Waals surface area (Å²) in [5.41, 5.74) is 2.10. The van der Waals surface area contributed by atoms with E-state index in [1.54, 1.807) is 0 Å². The van der Waals surface area contributed by atoms with Crippen molar-refractivity contribution in [2.24, 2.45) is 5.41 Å². The van der Waals surface area contributed by atoms with Gasteiger partial charge in [-0.25, -0.2) is 0 Å². The number of halogens is 2. The minimum atomic E-state index is 0.0551. The molecule has 92 valence electrons. The lowest BCUT2D eigenvalue weighted by Crippen LogP contribution is -2.37. The van der Waals surface area contributed by atoms with Crippen molar-refractivity contribution in [2.75, 3.05) is 16.8 Å². The monoisotopic (exact) mass is 315 g/mol. The number of anilines is 1. The van der Waals surface area contributed by atoms with Crippen LogP contribution in [0, 0.1) is 5.41 Å². The average molecular weight is 317 g/mol. The Hall–Kier alpha value is -0.540. The summed E-state index contributed by atoms with van der Waals surface area (Å²) in [4.78, 5) is 13.9. The molecule has 0 saturated heterocycles. The van der Waals surface area contributed by atoms with Crippen molar-refractivity contribution >= 4 is 39.1 Å². The molecule has 0 spiro atoms. The Morgan fingerprint density at radius 2 is 2.18 bits per heavy atom. The second-order valence-electron chi connectivity index (χ2n) is 5.23. The molecule has 1 aromatic carbocycles. The normalized spacial score (nSPS) is 15.3. The lowest BCUT2D eigenvalue weighted by atomic mass is 9.96. The number of carbonyl (C=O) groups excluding carboxylic acids is 1. The van der Waals surface area contributed by atoms with Gasteiger partial charge in [0.15, 0.2) is 0 Å². The van der Waals surface area contributed by atoms with Crippen LogP contribution in [0.5, 0.6) is 0 Å². The van der Waals surface area contributed by atoms with Crippen molar-refractivity contribution in [3.05, 3.63) is 28.8 Å². The highest BCUT2D eigenvalue weighted by molar-refractivity contribution is 9.09. The van der Waals surface area contributed by atoms with Crippen molar-refractivity contribution < 1.29 is 4.79 Å². The van der Waals surface area contributed by atoms with Crippen LogP contribution in [-0.2, 0) is 11.2 Å². The Morgan fingerprint density at radius 3 is 2.82 bits per heavy atom. The molecule has 0 unspecified atom stereocenters. The van der Waals surface area contributed by atoms with Crippen molar-refractivity contribution in [3.8, 4) is 0 Å². The van der Waals surface area contributed by atoms with Gasteiger partial charge in [-0.1, -0.05) is 47.4 Å². The van der Waals surface area contributed by atoms with Crippen LogP contribution >= 0.6 is 27.5 Å². The SMILES string of the molecule is CC(C)(CBr)CN1C(=O)Cc2ccc(Cl)cc21. The topological polar surface area (TPSA) is 20.3 Å². The van der Waals surface area contributed by atoms with Gasteiger partial charge in [-0.3, -0.25) is 4.79 Å². The van der Waals surface area contributed by atoms with Crippen LogP contribution in [-0.4, -0.2) is 17.8 Å². The summed E-state index contributed by atoms with van der Waals surface area (Å²) in [7, 11) is 0. The molecule has 1 aliphatic rings. The summed E-state index contributed by atoms with van der Waals surface area (Å²) >= 11 is 9.48. The van der Waals surface area contributed by atoms with Gasteiger partial charge in [0.1, 0.15) is 0 Å². The van der Waals surface area contributed by atoms with Crippen molar-refractivity contribution in [1.82, 2.24) is 0 Å². The zero-order valence-electron chi connectivity index (χ0n) is 9.96. The third kappa shape index (κ3) is 2.66. The predicted molar refractivity (Wildman–Crippen MR) is 75.1 cm³/mol. The Morgan fingerprint density at radius 1 is 1.47 bits per heavy atom. The van der Waals surface area contributed by atoms with E-state index < -0.39 is 0 Å². The first-order valence-corrected chi connectivity index (χ1v) is 7.08. The molecule has 0 atom stereocenters. The molecule has 1 amide bonds. The maximum absolute atomic E-state index is 12.0. The second kappa shape index (κ2) is 4.62. The number of hydrogen-bond donors (Lipinski definition) is 0. The molecule has 17 heavy (non-hydrogen) atoms. The number of amides is 1. The quantitative estimate of drug-likeness (QED) is 0.780. The highest BCUT2D eigenvalue weighted by Gasteiger charge is 2.31. The Kier molecular flexibility index (Phi) is 3.50. The molecule has 0 radical (unpaired) electrons. The minimum Gasteiger partial charge on any atom is -0.311 e. The number of nitrogens with zero attached hydrogens (tertiary/aromatic N) is 1. The minimum absolute atomic E-state index is 0.0551. The van der Waals surface area contributed by atoms with Gasteiger partial charge < -0.3 is 4.90 Å². The number of rotatable bonds is 3. The molecule has 0 aromatic heterocycles. The molecule has 0 saturated carbocycles. The van der Waals surface area contributed by atoms with Crippen LogP contribution in [0.2, 0.25) is 5.02 Å². The van der Waals surface area contributed by atoms with E-state index in [1.807, 2.05) is 23.1 Å². The van der Waals surface area contributed by atoms with Gasteiger partial charge in [0.05, 0.1) is 6.42 Å². The fourth-order valence-electron chi connectivity index (χ4n) is 1.97. The van der Waals surface area contributed by atoms with E-state index in [2.05, 4.69) is 29.8 Å². The molecule has 1 aliphatic heterocycles. The molecule has 0 aliphatic carbocycles. The van der Waals surface area contributed by atoms with E-state index in [1.165, 1.54) is 0 Å². The van der Waals surface area contributed by atoms with E-state index in [4.69, 9.17) is 11.6 Å². The maximum Gasteiger partial charge on any atom is 0.231 e. The maximum atomic E-state index is 12.0. The molecule has 4 heteroatoms. The first-order valence-electron chi connectivity index (χ1n) is 5.58. The fourth-order valence-corrected chi connectivity index (χ4v) is 2.32. The van der Waals surface area contributed by atoms with Gasteiger partial charge in [0.2, 0.25) is 5.91 Å². The average Bonchev–Trinajstić information content (AvgIpc) is 2.56. The van der Waals surface area contributed by atoms with Crippen LogP contribution in [0.3, 0.4) is 0 Å². The molecule has 0 fully saturated rings. The van der Waals surface area contributed by atoms with Crippen LogP contribution in [0.4, 0.5) is 5.69 Å². The van der Waals surface area contributed by atoms with Gasteiger partial charge >= 0.3 is 0 Å². The van der Waals surface area contributed by atoms with Crippen LogP contribution in [0.25, 0.3) is 0 Å². The number of benzene rings is 1. The predicted octanol–water partition coefficient (Wildman–Crippen LogP) is 3.65. The summed E-state index contributed by atoms with van der Waals surface area (Å²) in [5, 5.41) is 1.54. The summed E-state index contributed by atoms with van der Waals surface area (Å²) < 4.78 is 0. The first-order chi connectivity index (χ1) is 7.93. The zero-order valence-corrected chi connectivity index (χ0v) is 12.3. The Balaban J connectivity index is 2.31. The standard InChI is InChI=1S/C13H15BrClNO/c1-13(2,7-14)8-16-11-6-10(15)4-3-9(11)5-12(16)17/h3-4,6H,5,7-8H2,1-2H3. The summed E-state index contributed by atoms with van der Waals surface area (Å²) in [6.07, 6.45) is 0.491. The molecule has 2 rings (SSSR count). The van der Waals surface area contributed by atoms with Crippen LogP contribution < -0.4 is 4.90 Å². The molecule has 1 heterocycles. The summed E-state index contributed by atoms with van der Waals surface area (Å²) in [6, 6.07) is 5.66. The molecule has 1 aromatic rings. The van der Waals surface area contributed by atoms with Gasteiger partial charge in [-0.15, -0.1) is 0 Å². The third-order valence-electron chi connectivity index (χ3n) is 2.93. The number of fused-ring (bicyclic) bond motifs is 1. The number of alkyl halides is 1. The van der Waals surface area contributed by atoms with Crippen LogP contribution in [0.15, 0.2) is 18.2 Å². The number of carbonyl (C=O) groups is 1. The summed E-state index contributed by atoms with van der Waals surface area (Å²) in [5.74, 6) is 0.163. The third-order valence-corrected chi connectivity index (χ3v) is 4.68. The fraction of sp³-hybridized carbons (Fsp3) is 0.462. The Labute approximate surface area is 115 Å². The van der Waals surface area contributed by atoms with E-state index in [0.717, 1.165) is 16.6 Å². The van der Waals surface area contributed by atoms with Crippen molar-refractivity contribution in [1.29, 1.82) is 0 Å².